The highest BCUT2D eigenvalue weighted by Gasteiger charge is 2.16. The summed E-state index contributed by atoms with van der Waals surface area (Å²) in [6, 6.07) is 31.7. The summed E-state index contributed by atoms with van der Waals surface area (Å²) in [6.45, 7) is 19.2. The summed E-state index contributed by atoms with van der Waals surface area (Å²) in [5.41, 5.74) is 38.9. The molecule has 0 aliphatic rings. The van der Waals surface area contributed by atoms with Gasteiger partial charge in [-0.05, 0) is 148 Å². The van der Waals surface area contributed by atoms with Crippen LogP contribution in [0, 0.1) is 62.3 Å². The molecule has 0 atom stereocenters. The van der Waals surface area contributed by atoms with Crippen LogP contribution >= 0.6 is 102 Å². The fraction of sp³-hybridized carbons (Fsp3) is 0.204. The van der Waals surface area contributed by atoms with Crippen molar-refractivity contribution in [1.82, 2.24) is 9.97 Å². The van der Waals surface area contributed by atoms with E-state index in [0.29, 0.717) is 10.3 Å². The Bertz CT molecular complexity index is 2830. The summed E-state index contributed by atoms with van der Waals surface area (Å²) >= 11 is 26.7. The zero-order valence-corrected chi connectivity index (χ0v) is 45.3. The van der Waals surface area contributed by atoms with Gasteiger partial charge in [0.1, 0.15) is 0 Å². The second kappa shape index (κ2) is 24.1. The molecule has 0 bridgehead atoms. The zero-order valence-electron chi connectivity index (χ0n) is 36.6. The van der Waals surface area contributed by atoms with Gasteiger partial charge in [-0.25, -0.2) is 9.97 Å². The van der Waals surface area contributed by atoms with Gasteiger partial charge in [0.2, 0.25) is 0 Å². The number of nitrogen functional groups attached to an aromatic ring is 2. The number of thiazole rings is 2. The summed E-state index contributed by atoms with van der Waals surface area (Å²) in [7, 11) is 0. The van der Waals surface area contributed by atoms with Crippen LogP contribution < -0.4 is 22.5 Å². The van der Waals surface area contributed by atoms with Crippen molar-refractivity contribution >= 4 is 144 Å². The number of rotatable bonds is 4. The van der Waals surface area contributed by atoms with E-state index in [9.17, 15) is 0 Å². The predicted molar refractivity (Wildman–Crippen MR) is 296 cm³/mol. The van der Waals surface area contributed by atoms with Crippen LogP contribution in [0.15, 0.2) is 95.5 Å². The highest BCUT2D eigenvalue weighted by Crippen LogP contribution is 2.40. The van der Waals surface area contributed by atoms with Crippen molar-refractivity contribution in [3.05, 3.63) is 146 Å². The number of para-hydroxylation sites is 3. The van der Waals surface area contributed by atoms with Crippen LogP contribution in [0.5, 0.6) is 0 Å². The van der Waals surface area contributed by atoms with Crippen molar-refractivity contribution in [3.63, 3.8) is 0 Å². The van der Waals surface area contributed by atoms with Crippen LogP contribution in [0.3, 0.4) is 0 Å². The molecule has 0 amide bonds. The van der Waals surface area contributed by atoms with Crippen molar-refractivity contribution in [3.8, 4) is 33.4 Å². The number of hydrogen-bond donors (Lipinski definition) is 4. The number of anilines is 3. The molecule has 330 valence electrons. The lowest BCUT2D eigenvalue weighted by molar-refractivity contribution is 1.29. The van der Waals surface area contributed by atoms with E-state index in [1.54, 1.807) is 11.3 Å². The summed E-state index contributed by atoms with van der Waals surface area (Å²) in [5.74, 6) is 0. The molecular weight excluding hydrogens is 1080 g/mol. The second-order valence-electron chi connectivity index (χ2n) is 14.9. The van der Waals surface area contributed by atoms with Crippen LogP contribution in [-0.2, 0) is 0 Å². The van der Waals surface area contributed by atoms with E-state index < -0.39 is 0 Å². The Morgan fingerprint density at radius 3 is 1.41 bits per heavy atom. The molecule has 0 unspecified atom stereocenters. The lowest BCUT2D eigenvalue weighted by Gasteiger charge is -2.16. The molecule has 0 aliphatic heterocycles. The Hall–Kier alpha value is -3.59. The number of fused-ring (bicyclic) bond motifs is 2. The van der Waals surface area contributed by atoms with E-state index in [4.69, 9.17) is 52.6 Å². The first-order valence-corrected chi connectivity index (χ1v) is 27.2. The minimum atomic E-state index is 0.194. The van der Waals surface area contributed by atoms with Gasteiger partial charge < -0.3 is 22.5 Å². The van der Waals surface area contributed by atoms with Crippen LogP contribution in [0.1, 0.15) is 50.1 Å². The number of aromatic nitrogens is 2. The molecule has 2 heterocycles. The van der Waals surface area contributed by atoms with Gasteiger partial charge in [-0.1, -0.05) is 123 Å². The van der Waals surface area contributed by atoms with Crippen molar-refractivity contribution in [2.24, 2.45) is 5.73 Å². The third kappa shape index (κ3) is 13.0. The molecule has 0 saturated heterocycles. The highest BCUT2D eigenvalue weighted by atomic mass is 80.9. The van der Waals surface area contributed by atoms with E-state index in [0.717, 1.165) is 37.2 Å². The number of halogens is 5. The lowest BCUT2D eigenvalue weighted by Crippen LogP contribution is -2.19. The fourth-order valence-electron chi connectivity index (χ4n) is 8.06. The molecule has 6 nitrogen and oxygen atoms in total. The van der Waals surface area contributed by atoms with E-state index in [1.807, 2.05) is 18.2 Å². The Morgan fingerprint density at radius 1 is 0.587 bits per heavy atom. The van der Waals surface area contributed by atoms with E-state index in [-0.39, 0.29) is 10.5 Å². The normalized spacial score (nSPS) is 10.4. The number of nitrogens with two attached hydrogens (primary N) is 3. The quantitative estimate of drug-likeness (QED) is 0.102. The molecular formula is C49H51Br3Cl2N6S3. The molecule has 0 aliphatic carbocycles. The minimum absolute atomic E-state index is 0.194. The molecule has 0 saturated carbocycles. The van der Waals surface area contributed by atoms with Gasteiger partial charge in [-0.15, -0.1) is 23.2 Å². The molecule has 14 heteroatoms. The molecule has 0 radical (unpaired) electrons. The highest BCUT2D eigenvalue weighted by molar-refractivity contribution is 9.93. The Labute approximate surface area is 419 Å². The number of thiocarbonyl (C=S) groups is 1. The van der Waals surface area contributed by atoms with Crippen molar-refractivity contribution in [2.45, 2.75) is 62.3 Å². The second-order valence-corrected chi connectivity index (χ2v) is 19.1. The van der Waals surface area contributed by atoms with Crippen LogP contribution in [-0.4, -0.2) is 20.4 Å². The smallest absolute Gasteiger partial charge is 0.181 e. The molecule has 7 N–H and O–H groups in total. The summed E-state index contributed by atoms with van der Waals surface area (Å²) in [6.07, 6.45) is 0. The minimum Gasteiger partial charge on any atom is -0.376 e. The zero-order chi connectivity index (χ0) is 46.7. The topological polar surface area (TPSA) is 116 Å². The van der Waals surface area contributed by atoms with Gasteiger partial charge >= 0.3 is 0 Å². The Morgan fingerprint density at radius 2 is 0.968 bits per heavy atom. The van der Waals surface area contributed by atoms with Gasteiger partial charge in [0.15, 0.2) is 15.4 Å². The average Bonchev–Trinajstić information content (AvgIpc) is 3.80. The summed E-state index contributed by atoms with van der Waals surface area (Å²) in [5, 5.41) is 4.78. The molecule has 63 heavy (non-hydrogen) atoms. The molecule has 2 aromatic heterocycles. The molecule has 0 spiro atoms. The maximum atomic E-state index is 5.87. The first-order valence-electron chi connectivity index (χ1n) is 19.6. The number of aryl methyl sites for hydroxylation is 8. The van der Waals surface area contributed by atoms with Crippen LogP contribution in [0.4, 0.5) is 16.0 Å². The van der Waals surface area contributed by atoms with Crippen molar-refractivity contribution in [2.75, 3.05) is 22.1 Å². The third-order valence-corrected chi connectivity index (χ3v) is 13.1. The molecule has 6 aromatic carbocycles. The first kappa shape index (κ1) is 52.0. The van der Waals surface area contributed by atoms with Gasteiger partial charge in [0.25, 0.3) is 0 Å². The van der Waals surface area contributed by atoms with Gasteiger partial charge in [0.05, 0.1) is 25.8 Å². The third-order valence-electron chi connectivity index (χ3n) is 10.1. The van der Waals surface area contributed by atoms with E-state index in [1.165, 1.54) is 88.1 Å². The fourth-order valence-corrected chi connectivity index (χ4v) is 10.0. The van der Waals surface area contributed by atoms with E-state index in [2.05, 4.69) is 195 Å². The lowest BCUT2D eigenvalue weighted by atomic mass is 9.93. The van der Waals surface area contributed by atoms with Crippen molar-refractivity contribution < 1.29 is 0 Å². The maximum absolute atomic E-state index is 5.87. The molecule has 8 aromatic rings. The average molecular weight is 1130 g/mol. The first-order chi connectivity index (χ1) is 29.9. The van der Waals surface area contributed by atoms with E-state index >= 15 is 0 Å². The number of nitrogens with one attached hydrogen (secondary N) is 1. The van der Waals surface area contributed by atoms with Crippen LogP contribution in [0.25, 0.3) is 53.8 Å². The van der Waals surface area contributed by atoms with Gasteiger partial charge in [-0.3, -0.25) is 0 Å². The number of benzene rings is 6. The summed E-state index contributed by atoms with van der Waals surface area (Å²) < 4.78 is 3.45. The van der Waals surface area contributed by atoms with Crippen molar-refractivity contribution in [1.29, 1.82) is 0 Å². The predicted octanol–water partition coefficient (Wildman–Crippen LogP) is 16.8. The number of alkyl halides is 2. The number of hydrogen-bond acceptors (Lipinski definition) is 7. The maximum Gasteiger partial charge on any atom is 0.181 e. The monoisotopic (exact) mass is 1130 g/mol. The largest absolute Gasteiger partial charge is 0.376 e. The van der Waals surface area contributed by atoms with Gasteiger partial charge in [-0.2, -0.15) is 0 Å². The molecule has 0 fully saturated rings. The number of nitrogens with zero attached hydrogens (tertiary/aromatic N) is 2. The molecule has 8 rings (SSSR count). The van der Waals surface area contributed by atoms with Crippen LogP contribution in [0.2, 0.25) is 0 Å². The Kier molecular flexibility index (Phi) is 19.9. The standard InChI is InChI=1S/C16H15BrN2S.C16H16N2S.C16H18N2S.CH2Cl2.Br2/c1-8-7-9(2)14(17)10(3)13(8)11-5-4-6-12-15(11)19-16(18)20-12;1-9-7-10(2)14(11(3)8-9)12-5-4-6-13-15(12)18-16(17)19-13;1-10-8-11(2)15(12(3)9-10)13-6-4-5-7-14(13)18-16(17)19;2-1-3;1-2/h4-7H,1-3H3,(H2,18,19);4-8H,1-3H3,(H2,17,18);4-9H,1-3H3,(H3,17,18,19);1H2;. The van der Waals surface area contributed by atoms with Gasteiger partial charge in [0, 0.05) is 55.1 Å². The Balaban J connectivity index is 0.000000197. The summed E-state index contributed by atoms with van der Waals surface area (Å²) in [4.78, 5) is 9.00. The SMILES string of the molecule is BrBr.Cc1cc(C)c(-c2cccc3sc(N)nc23)c(C)c1.Cc1cc(C)c(-c2cccc3sc(N)nc23)c(C)c1Br.Cc1cc(C)c(-c2ccccc2NC(N)=S)c(C)c1.ClCCl.